The Morgan fingerprint density at radius 1 is 1.20 bits per heavy atom. The van der Waals surface area contributed by atoms with Gasteiger partial charge in [-0.05, 0) is 56.4 Å². The average molecular weight is 273 g/mol. The lowest BCUT2D eigenvalue weighted by atomic mass is 9.94. The third kappa shape index (κ3) is 2.11. The van der Waals surface area contributed by atoms with Crippen molar-refractivity contribution < 1.29 is 9.90 Å². The van der Waals surface area contributed by atoms with Gasteiger partial charge >= 0.3 is 5.97 Å². The van der Waals surface area contributed by atoms with Gasteiger partial charge in [-0.15, -0.1) is 0 Å². The van der Waals surface area contributed by atoms with E-state index in [1.54, 1.807) is 6.07 Å². The summed E-state index contributed by atoms with van der Waals surface area (Å²) in [6, 6.07) is 2.15. The van der Waals surface area contributed by atoms with Crippen LogP contribution in [0.3, 0.4) is 0 Å². The molecule has 0 saturated carbocycles. The van der Waals surface area contributed by atoms with Crippen LogP contribution in [-0.2, 0) is 0 Å². The molecule has 0 amide bonds. The van der Waals surface area contributed by atoms with Gasteiger partial charge in [0, 0.05) is 17.6 Å². The molecule has 20 heavy (non-hydrogen) atoms. The fourth-order valence-corrected chi connectivity index (χ4v) is 2.93. The molecule has 1 N–H and O–H groups in total. The van der Waals surface area contributed by atoms with E-state index in [0.29, 0.717) is 17.5 Å². The normalized spacial score (nSPS) is 11.8. The van der Waals surface area contributed by atoms with Gasteiger partial charge in [0.25, 0.3) is 0 Å². The predicted octanol–water partition coefficient (Wildman–Crippen LogP) is 4.66. The minimum absolute atomic E-state index is 0.360. The minimum atomic E-state index is -0.848. The number of aromatic carboxylic acids is 1. The molecule has 2 aromatic rings. The van der Waals surface area contributed by atoms with E-state index >= 15 is 0 Å². The molecule has 3 nitrogen and oxygen atoms in total. The van der Waals surface area contributed by atoms with Crippen LogP contribution in [-0.4, -0.2) is 15.6 Å². The summed E-state index contributed by atoms with van der Waals surface area (Å²) >= 11 is 0. The molecule has 0 fully saturated rings. The topological polar surface area (TPSA) is 42.2 Å². The number of carboxylic acid groups (broad SMARTS) is 1. The maximum atomic E-state index is 11.4. The number of rotatable bonds is 3. The molecule has 108 valence electrons. The van der Waals surface area contributed by atoms with Crippen molar-refractivity contribution in [2.45, 2.75) is 53.5 Å². The second-order valence-electron chi connectivity index (χ2n) is 6.13. The molecule has 0 radical (unpaired) electrons. The van der Waals surface area contributed by atoms with E-state index in [1.807, 2.05) is 13.8 Å². The smallest absolute Gasteiger partial charge is 0.335 e. The van der Waals surface area contributed by atoms with Crippen molar-refractivity contribution in [1.82, 2.24) is 4.57 Å². The zero-order valence-electron chi connectivity index (χ0n) is 13.1. The van der Waals surface area contributed by atoms with Crippen LogP contribution >= 0.6 is 0 Å². The molecule has 0 saturated heterocycles. The number of hydrogen-bond acceptors (Lipinski definition) is 1. The van der Waals surface area contributed by atoms with Crippen LogP contribution in [0.25, 0.3) is 10.9 Å². The van der Waals surface area contributed by atoms with Gasteiger partial charge < -0.3 is 9.67 Å². The Bertz CT molecular complexity index is 678. The number of nitrogens with zero attached hydrogens (tertiary/aromatic N) is 1. The van der Waals surface area contributed by atoms with Crippen LogP contribution in [0, 0.1) is 13.8 Å². The lowest BCUT2D eigenvalue weighted by Crippen LogP contribution is -2.04. The molecule has 0 aliphatic rings. The lowest BCUT2D eigenvalue weighted by molar-refractivity contribution is 0.0696. The maximum Gasteiger partial charge on any atom is 0.335 e. The third-order valence-corrected chi connectivity index (χ3v) is 3.98. The van der Waals surface area contributed by atoms with Gasteiger partial charge in [0.15, 0.2) is 0 Å². The Kier molecular flexibility index (Phi) is 3.63. The Morgan fingerprint density at radius 2 is 1.80 bits per heavy atom. The number of carbonyl (C=O) groups is 1. The van der Waals surface area contributed by atoms with E-state index in [4.69, 9.17) is 0 Å². The van der Waals surface area contributed by atoms with Crippen LogP contribution in [0.15, 0.2) is 12.3 Å². The highest BCUT2D eigenvalue weighted by Gasteiger charge is 2.20. The number of carboxylic acids is 1. The van der Waals surface area contributed by atoms with Crippen LogP contribution < -0.4 is 0 Å². The van der Waals surface area contributed by atoms with Crippen molar-refractivity contribution in [3.05, 3.63) is 34.5 Å². The molecular formula is C17H23NO2. The van der Waals surface area contributed by atoms with Crippen molar-refractivity contribution in [2.75, 3.05) is 0 Å². The summed E-state index contributed by atoms with van der Waals surface area (Å²) in [7, 11) is 0. The number of benzene rings is 1. The van der Waals surface area contributed by atoms with Gasteiger partial charge in [0.1, 0.15) is 0 Å². The SMILES string of the molecule is Cc1c(C(=O)O)cc(C)c2c1c(C(C)C)cn2C(C)C. The zero-order chi connectivity index (χ0) is 15.2. The summed E-state index contributed by atoms with van der Waals surface area (Å²) in [5.41, 5.74) is 4.73. The first-order valence-electron chi connectivity index (χ1n) is 7.13. The molecular weight excluding hydrogens is 250 g/mol. The van der Waals surface area contributed by atoms with E-state index in [0.717, 1.165) is 16.5 Å². The van der Waals surface area contributed by atoms with E-state index < -0.39 is 5.97 Å². The van der Waals surface area contributed by atoms with E-state index in [-0.39, 0.29) is 0 Å². The second kappa shape index (κ2) is 4.97. The number of aromatic nitrogens is 1. The predicted molar refractivity (Wildman–Crippen MR) is 82.8 cm³/mol. The number of fused-ring (bicyclic) bond motifs is 1. The zero-order valence-corrected chi connectivity index (χ0v) is 13.1. The second-order valence-corrected chi connectivity index (χ2v) is 6.13. The van der Waals surface area contributed by atoms with E-state index in [9.17, 15) is 9.90 Å². The van der Waals surface area contributed by atoms with E-state index in [2.05, 4.69) is 38.5 Å². The molecule has 1 aromatic heterocycles. The quantitative estimate of drug-likeness (QED) is 0.883. The minimum Gasteiger partial charge on any atom is -0.478 e. The Hall–Kier alpha value is -1.77. The van der Waals surface area contributed by atoms with Crippen molar-refractivity contribution in [1.29, 1.82) is 0 Å². The van der Waals surface area contributed by atoms with Crippen LogP contribution in [0.2, 0.25) is 0 Å². The Labute approximate surface area is 120 Å². The average Bonchev–Trinajstić information content (AvgIpc) is 2.74. The Morgan fingerprint density at radius 3 is 2.25 bits per heavy atom. The summed E-state index contributed by atoms with van der Waals surface area (Å²) in [6.07, 6.45) is 2.19. The third-order valence-electron chi connectivity index (χ3n) is 3.98. The van der Waals surface area contributed by atoms with Crippen molar-refractivity contribution in [2.24, 2.45) is 0 Å². The van der Waals surface area contributed by atoms with Crippen LogP contribution in [0.1, 0.15) is 66.7 Å². The van der Waals surface area contributed by atoms with Gasteiger partial charge in [-0.2, -0.15) is 0 Å². The summed E-state index contributed by atoms with van der Waals surface area (Å²) in [4.78, 5) is 11.4. The lowest BCUT2D eigenvalue weighted by Gasteiger charge is -2.13. The monoisotopic (exact) mass is 273 g/mol. The van der Waals surface area contributed by atoms with E-state index in [1.165, 1.54) is 11.1 Å². The highest BCUT2D eigenvalue weighted by atomic mass is 16.4. The van der Waals surface area contributed by atoms with Gasteiger partial charge in [0.2, 0.25) is 0 Å². The molecule has 0 atom stereocenters. The van der Waals surface area contributed by atoms with Gasteiger partial charge in [-0.3, -0.25) is 0 Å². The first-order chi connectivity index (χ1) is 9.25. The Balaban J connectivity index is 2.98. The summed E-state index contributed by atoms with van der Waals surface area (Å²) in [6.45, 7) is 12.5. The van der Waals surface area contributed by atoms with Crippen molar-refractivity contribution in [3.8, 4) is 0 Å². The summed E-state index contributed by atoms with van der Waals surface area (Å²) < 4.78 is 2.26. The highest BCUT2D eigenvalue weighted by molar-refractivity contribution is 6.00. The van der Waals surface area contributed by atoms with Gasteiger partial charge in [-0.1, -0.05) is 13.8 Å². The first-order valence-corrected chi connectivity index (χ1v) is 7.13. The highest BCUT2D eigenvalue weighted by Crippen LogP contribution is 2.35. The largest absolute Gasteiger partial charge is 0.478 e. The molecule has 3 heteroatoms. The summed E-state index contributed by atoms with van der Waals surface area (Å²) in [5, 5.41) is 10.5. The van der Waals surface area contributed by atoms with Crippen molar-refractivity contribution >= 4 is 16.9 Å². The summed E-state index contributed by atoms with van der Waals surface area (Å²) in [5.74, 6) is -0.473. The fraction of sp³-hybridized carbons (Fsp3) is 0.471. The molecule has 0 aliphatic heterocycles. The molecule has 1 heterocycles. The number of aryl methyl sites for hydroxylation is 2. The molecule has 1 aromatic carbocycles. The molecule has 0 aliphatic carbocycles. The van der Waals surface area contributed by atoms with Gasteiger partial charge in [-0.25, -0.2) is 4.79 Å². The van der Waals surface area contributed by atoms with Crippen LogP contribution in [0.4, 0.5) is 0 Å². The fourth-order valence-electron chi connectivity index (χ4n) is 2.93. The van der Waals surface area contributed by atoms with Crippen LogP contribution in [0.5, 0.6) is 0 Å². The van der Waals surface area contributed by atoms with Gasteiger partial charge in [0.05, 0.1) is 11.1 Å². The molecule has 0 bridgehead atoms. The number of hydrogen-bond donors (Lipinski definition) is 1. The first kappa shape index (κ1) is 14.6. The molecule has 2 rings (SSSR count). The van der Waals surface area contributed by atoms with Crippen molar-refractivity contribution in [3.63, 3.8) is 0 Å². The molecule has 0 unspecified atom stereocenters. The maximum absolute atomic E-state index is 11.4. The standard InChI is InChI=1S/C17H23NO2/c1-9(2)14-8-18(10(3)4)16-11(5)7-13(17(19)20)12(6)15(14)16/h7-10H,1-6H3,(H,19,20). The molecule has 0 spiro atoms.